The van der Waals surface area contributed by atoms with Gasteiger partial charge in [0.1, 0.15) is 6.79 Å². The van der Waals surface area contributed by atoms with Crippen LogP contribution in [0, 0.1) is 0 Å². The van der Waals surface area contributed by atoms with E-state index >= 15 is 0 Å². The van der Waals surface area contributed by atoms with Gasteiger partial charge in [0.2, 0.25) is 0 Å². The summed E-state index contributed by atoms with van der Waals surface area (Å²) in [5.41, 5.74) is 2.76. The first-order valence-electron chi connectivity index (χ1n) is 9.19. The molecule has 1 fully saturated rings. The maximum absolute atomic E-state index is 13.2. The fourth-order valence-corrected chi connectivity index (χ4v) is 4.20. The molecule has 1 aromatic heterocycles. The van der Waals surface area contributed by atoms with Gasteiger partial charge in [0.05, 0.1) is 29.3 Å². The van der Waals surface area contributed by atoms with E-state index < -0.39 is 0 Å². The number of fused-ring (bicyclic) bond motifs is 1. The smallest absolute Gasteiger partial charge is 0.266 e. The first-order valence-corrected chi connectivity index (χ1v) is 10.2. The van der Waals surface area contributed by atoms with Crippen molar-refractivity contribution in [2.24, 2.45) is 0 Å². The number of hydrogen-bond donors (Lipinski definition) is 0. The maximum atomic E-state index is 13.2. The second-order valence-electron chi connectivity index (χ2n) is 6.49. The summed E-state index contributed by atoms with van der Waals surface area (Å²) < 4.78 is 12.6. The van der Waals surface area contributed by atoms with Crippen LogP contribution < -0.4 is 5.56 Å². The van der Waals surface area contributed by atoms with Crippen LogP contribution in [0.1, 0.15) is 18.9 Å². The van der Waals surface area contributed by atoms with Crippen LogP contribution in [0.5, 0.6) is 0 Å². The van der Waals surface area contributed by atoms with Gasteiger partial charge < -0.3 is 9.47 Å². The minimum atomic E-state index is -0.0414. The summed E-state index contributed by atoms with van der Waals surface area (Å²) in [5, 5.41) is 1.32. The van der Waals surface area contributed by atoms with Gasteiger partial charge in [-0.1, -0.05) is 43.0 Å². The molecule has 1 aliphatic rings. The zero-order chi connectivity index (χ0) is 18.6. The van der Waals surface area contributed by atoms with Crippen molar-refractivity contribution in [1.29, 1.82) is 0 Å². The quantitative estimate of drug-likeness (QED) is 0.496. The molecule has 0 N–H and O–H groups in total. The Kier molecular flexibility index (Phi) is 5.57. The predicted octanol–water partition coefficient (Wildman–Crippen LogP) is 3.80. The zero-order valence-corrected chi connectivity index (χ0v) is 16.1. The Balaban J connectivity index is 1.75. The van der Waals surface area contributed by atoms with E-state index in [9.17, 15) is 4.79 Å². The van der Waals surface area contributed by atoms with Crippen molar-refractivity contribution < 1.29 is 9.47 Å². The molecule has 6 heteroatoms. The molecular weight excluding hydrogens is 360 g/mol. The number of nitrogens with zero attached hydrogens (tertiary/aromatic N) is 2. The van der Waals surface area contributed by atoms with E-state index in [4.69, 9.17) is 14.5 Å². The number of ether oxygens (including phenoxy) is 2. The summed E-state index contributed by atoms with van der Waals surface area (Å²) in [6, 6.07) is 15.6. The molecule has 1 atom stereocenters. The van der Waals surface area contributed by atoms with E-state index in [0.29, 0.717) is 23.9 Å². The summed E-state index contributed by atoms with van der Waals surface area (Å²) >= 11 is 1.56. The molecule has 1 aliphatic heterocycles. The molecule has 0 unspecified atom stereocenters. The highest BCUT2D eigenvalue weighted by Gasteiger charge is 2.18. The third kappa shape index (κ3) is 3.93. The first kappa shape index (κ1) is 18.2. The number of para-hydroxylation sites is 1. The van der Waals surface area contributed by atoms with E-state index in [-0.39, 0.29) is 11.7 Å². The minimum absolute atomic E-state index is 0.0414. The number of aromatic nitrogens is 2. The lowest BCUT2D eigenvalue weighted by Crippen LogP contribution is -2.27. The molecule has 2 aromatic carbocycles. The van der Waals surface area contributed by atoms with Crippen LogP contribution in [0.15, 0.2) is 58.5 Å². The van der Waals surface area contributed by atoms with Crippen LogP contribution in [-0.4, -0.2) is 34.8 Å². The van der Waals surface area contributed by atoms with Crippen molar-refractivity contribution in [3.05, 3.63) is 64.4 Å². The van der Waals surface area contributed by atoms with E-state index in [1.54, 1.807) is 16.3 Å². The second kappa shape index (κ2) is 8.25. The van der Waals surface area contributed by atoms with Crippen molar-refractivity contribution in [2.75, 3.05) is 19.2 Å². The molecular formula is C21H22N2O3S. The standard InChI is InChI=1S/C21H22N2O3S/c1-2-15-7-9-16(10-8-15)23-20(24)18-5-3-4-6-19(18)22-21(23)27-13-17-11-12-25-14-26-17/h3-10,17H,2,11-14H2,1H3/t17-/m0/s1. The third-order valence-electron chi connectivity index (χ3n) is 4.72. The highest BCUT2D eigenvalue weighted by Crippen LogP contribution is 2.24. The van der Waals surface area contributed by atoms with Gasteiger partial charge in [0.15, 0.2) is 5.16 Å². The Hall–Kier alpha value is -2.15. The third-order valence-corrected chi connectivity index (χ3v) is 5.79. The summed E-state index contributed by atoms with van der Waals surface area (Å²) in [4.78, 5) is 18.0. The predicted molar refractivity (Wildman–Crippen MR) is 108 cm³/mol. The van der Waals surface area contributed by atoms with Crippen LogP contribution in [-0.2, 0) is 15.9 Å². The van der Waals surface area contributed by atoms with Gasteiger partial charge >= 0.3 is 0 Å². The monoisotopic (exact) mass is 382 g/mol. The molecule has 0 amide bonds. The number of thioether (sulfide) groups is 1. The second-order valence-corrected chi connectivity index (χ2v) is 7.47. The molecule has 0 aliphatic carbocycles. The van der Waals surface area contributed by atoms with Gasteiger partial charge in [-0.3, -0.25) is 9.36 Å². The summed E-state index contributed by atoms with van der Waals surface area (Å²) in [7, 11) is 0. The lowest BCUT2D eigenvalue weighted by Gasteiger charge is -2.22. The highest BCUT2D eigenvalue weighted by atomic mass is 32.2. The SMILES string of the molecule is CCc1ccc(-n2c(SC[C@@H]3CCOCO3)nc3ccccc3c2=O)cc1. The molecule has 0 radical (unpaired) electrons. The van der Waals surface area contributed by atoms with Crippen LogP contribution in [0.2, 0.25) is 0 Å². The molecule has 140 valence electrons. The Morgan fingerprint density at radius 3 is 2.74 bits per heavy atom. The van der Waals surface area contributed by atoms with E-state index in [1.165, 1.54) is 5.56 Å². The molecule has 27 heavy (non-hydrogen) atoms. The number of benzene rings is 2. The Bertz CT molecular complexity index is 979. The van der Waals surface area contributed by atoms with Gasteiger partial charge in [0.25, 0.3) is 5.56 Å². The summed E-state index contributed by atoms with van der Waals surface area (Å²) in [6.07, 6.45) is 1.94. The van der Waals surface area contributed by atoms with Crippen molar-refractivity contribution in [1.82, 2.24) is 9.55 Å². The molecule has 0 spiro atoms. The lowest BCUT2D eigenvalue weighted by atomic mass is 10.1. The van der Waals surface area contributed by atoms with Crippen molar-refractivity contribution in [3.8, 4) is 5.69 Å². The molecule has 0 saturated carbocycles. The van der Waals surface area contributed by atoms with Crippen LogP contribution in [0.25, 0.3) is 16.6 Å². The Labute approximate surface area is 162 Å². The van der Waals surface area contributed by atoms with Crippen LogP contribution >= 0.6 is 11.8 Å². The van der Waals surface area contributed by atoms with Gasteiger partial charge in [-0.15, -0.1) is 0 Å². The van der Waals surface area contributed by atoms with E-state index in [0.717, 1.165) is 29.8 Å². The molecule has 5 nitrogen and oxygen atoms in total. The fraction of sp³-hybridized carbons (Fsp3) is 0.333. The molecule has 2 heterocycles. The lowest BCUT2D eigenvalue weighted by molar-refractivity contribution is -0.130. The van der Waals surface area contributed by atoms with Crippen molar-refractivity contribution >= 4 is 22.7 Å². The summed E-state index contributed by atoms with van der Waals surface area (Å²) in [6.45, 7) is 3.16. The number of hydrogen-bond acceptors (Lipinski definition) is 5. The molecule has 4 rings (SSSR count). The fourth-order valence-electron chi connectivity index (χ4n) is 3.12. The van der Waals surface area contributed by atoms with E-state index in [1.807, 2.05) is 36.4 Å². The Morgan fingerprint density at radius 1 is 1.19 bits per heavy atom. The average molecular weight is 382 g/mol. The maximum Gasteiger partial charge on any atom is 0.266 e. The minimum Gasteiger partial charge on any atom is -0.355 e. The van der Waals surface area contributed by atoms with Gasteiger partial charge in [-0.25, -0.2) is 4.98 Å². The first-order chi connectivity index (χ1) is 13.3. The number of rotatable bonds is 5. The average Bonchev–Trinajstić information content (AvgIpc) is 2.73. The largest absolute Gasteiger partial charge is 0.355 e. The topological polar surface area (TPSA) is 53.4 Å². The van der Waals surface area contributed by atoms with Crippen molar-refractivity contribution in [3.63, 3.8) is 0 Å². The Morgan fingerprint density at radius 2 is 2.00 bits per heavy atom. The zero-order valence-electron chi connectivity index (χ0n) is 15.3. The van der Waals surface area contributed by atoms with Gasteiger partial charge in [-0.2, -0.15) is 0 Å². The van der Waals surface area contributed by atoms with E-state index in [2.05, 4.69) is 19.1 Å². The van der Waals surface area contributed by atoms with Crippen LogP contribution in [0.4, 0.5) is 0 Å². The molecule has 1 saturated heterocycles. The van der Waals surface area contributed by atoms with Gasteiger partial charge in [-0.05, 0) is 42.7 Å². The summed E-state index contributed by atoms with van der Waals surface area (Å²) in [5.74, 6) is 0.737. The van der Waals surface area contributed by atoms with Gasteiger partial charge in [0, 0.05) is 5.75 Å². The molecule has 3 aromatic rings. The normalized spacial score (nSPS) is 17.3. The highest BCUT2D eigenvalue weighted by molar-refractivity contribution is 7.99. The van der Waals surface area contributed by atoms with Crippen LogP contribution in [0.3, 0.4) is 0 Å². The molecule has 0 bridgehead atoms. The number of aryl methyl sites for hydroxylation is 1. The van der Waals surface area contributed by atoms with Crippen molar-refractivity contribution in [2.45, 2.75) is 31.0 Å².